The average Bonchev–Trinajstić information content (AvgIpc) is 2.78. The van der Waals surface area contributed by atoms with Crippen LogP contribution in [0, 0.1) is 11.8 Å². The van der Waals surface area contributed by atoms with Gasteiger partial charge in [-0.1, -0.05) is 37.3 Å². The van der Waals surface area contributed by atoms with Crippen molar-refractivity contribution in [2.45, 2.75) is 12.5 Å². The van der Waals surface area contributed by atoms with E-state index in [2.05, 4.69) is 37.8 Å². The molecule has 1 amide bonds. The van der Waals surface area contributed by atoms with Gasteiger partial charge in [0.2, 0.25) is 5.91 Å². The van der Waals surface area contributed by atoms with Gasteiger partial charge in [-0.05, 0) is 11.5 Å². The van der Waals surface area contributed by atoms with E-state index in [0.29, 0.717) is 11.8 Å². The molecule has 3 rings (SSSR count). The van der Waals surface area contributed by atoms with Gasteiger partial charge in [0.15, 0.2) is 0 Å². The van der Waals surface area contributed by atoms with Gasteiger partial charge in [-0.2, -0.15) is 0 Å². The summed E-state index contributed by atoms with van der Waals surface area (Å²) < 4.78 is 0. The molecule has 3 aliphatic rings. The van der Waals surface area contributed by atoms with Crippen LogP contribution < -0.4 is 0 Å². The van der Waals surface area contributed by atoms with Crippen LogP contribution in [0.1, 0.15) is 6.92 Å². The van der Waals surface area contributed by atoms with Gasteiger partial charge in [0.25, 0.3) is 0 Å². The maximum Gasteiger partial charge on any atom is 0.248 e. The normalized spacial score (nSPS) is 39.7. The summed E-state index contributed by atoms with van der Waals surface area (Å²) in [5.41, 5.74) is 0.981. The Morgan fingerprint density at radius 3 is 3.12 bits per heavy atom. The van der Waals surface area contributed by atoms with Crippen molar-refractivity contribution in [3.05, 3.63) is 48.6 Å². The lowest BCUT2D eigenvalue weighted by Crippen LogP contribution is -2.45. The molecular weight excluding hydrogens is 198 g/mol. The molecule has 2 heteroatoms. The molecule has 2 aliphatic heterocycles. The number of hydrogen-bond donors (Lipinski definition) is 0. The Morgan fingerprint density at radius 1 is 1.56 bits per heavy atom. The molecule has 3 atom stereocenters. The molecular formula is C14H15NO. The standard InChI is InChI=1S/C14H15NO/c1-3-11-5-7-14-6-4-8-15(14)13(16)9-12(14)10(11)2/h3-7,9-11H,1,8H2,2H3/t10-,11+,14+/m0/s1. The molecule has 0 bridgehead atoms. The molecule has 0 radical (unpaired) electrons. The Balaban J connectivity index is 2.15. The smallest absolute Gasteiger partial charge is 0.248 e. The van der Waals surface area contributed by atoms with Gasteiger partial charge in [0.1, 0.15) is 5.54 Å². The quantitative estimate of drug-likeness (QED) is 0.611. The van der Waals surface area contributed by atoms with Crippen LogP contribution in [-0.2, 0) is 4.79 Å². The molecule has 0 aromatic rings. The fourth-order valence-corrected chi connectivity index (χ4v) is 3.08. The van der Waals surface area contributed by atoms with Gasteiger partial charge < -0.3 is 4.90 Å². The summed E-state index contributed by atoms with van der Waals surface area (Å²) >= 11 is 0. The van der Waals surface area contributed by atoms with Crippen LogP contribution in [-0.4, -0.2) is 22.9 Å². The number of carbonyl (C=O) groups is 1. The highest BCUT2D eigenvalue weighted by Crippen LogP contribution is 2.46. The molecule has 0 aromatic carbocycles. The van der Waals surface area contributed by atoms with Crippen molar-refractivity contribution in [3.8, 4) is 0 Å². The fraction of sp³-hybridized carbons (Fsp3) is 0.357. The van der Waals surface area contributed by atoms with Crippen molar-refractivity contribution in [3.63, 3.8) is 0 Å². The lowest BCUT2D eigenvalue weighted by molar-refractivity contribution is -0.125. The summed E-state index contributed by atoms with van der Waals surface area (Å²) in [4.78, 5) is 13.8. The van der Waals surface area contributed by atoms with Crippen LogP contribution in [0.15, 0.2) is 48.6 Å². The Hall–Kier alpha value is -1.57. The van der Waals surface area contributed by atoms with Crippen LogP contribution in [0.25, 0.3) is 0 Å². The third-order valence-corrected chi connectivity index (χ3v) is 4.03. The number of hydrogen-bond acceptors (Lipinski definition) is 1. The summed E-state index contributed by atoms with van der Waals surface area (Å²) in [6.45, 7) is 6.76. The van der Waals surface area contributed by atoms with Gasteiger partial charge in [0.05, 0.1) is 0 Å². The van der Waals surface area contributed by atoms with E-state index in [4.69, 9.17) is 0 Å². The Bertz CT molecular complexity index is 457. The van der Waals surface area contributed by atoms with Crippen LogP contribution in [0.5, 0.6) is 0 Å². The lowest BCUT2D eigenvalue weighted by atomic mass is 9.72. The second-order valence-corrected chi connectivity index (χ2v) is 4.74. The van der Waals surface area contributed by atoms with Gasteiger partial charge in [-0.15, -0.1) is 6.58 Å². The minimum absolute atomic E-state index is 0.140. The monoisotopic (exact) mass is 213 g/mol. The summed E-state index contributed by atoms with van der Waals surface area (Å²) in [6.07, 6.45) is 12.3. The zero-order valence-electron chi connectivity index (χ0n) is 9.39. The molecule has 0 saturated carbocycles. The van der Waals surface area contributed by atoms with E-state index in [9.17, 15) is 4.79 Å². The van der Waals surface area contributed by atoms with E-state index in [1.54, 1.807) is 0 Å². The first-order valence-corrected chi connectivity index (χ1v) is 5.72. The highest BCUT2D eigenvalue weighted by atomic mass is 16.2. The molecule has 0 saturated heterocycles. The van der Waals surface area contributed by atoms with Crippen LogP contribution in [0.4, 0.5) is 0 Å². The number of allylic oxidation sites excluding steroid dienone is 2. The third-order valence-electron chi connectivity index (χ3n) is 4.03. The minimum Gasteiger partial charge on any atom is -0.319 e. The zero-order chi connectivity index (χ0) is 11.3. The number of amides is 1. The van der Waals surface area contributed by atoms with Crippen molar-refractivity contribution in [1.29, 1.82) is 0 Å². The SMILES string of the molecule is C=C[C@@H]1C=C[C@@]23C=CCN2C(=O)C=C3[C@H]1C. The van der Waals surface area contributed by atoms with Gasteiger partial charge in [0, 0.05) is 18.5 Å². The van der Waals surface area contributed by atoms with Crippen molar-refractivity contribution in [1.82, 2.24) is 4.90 Å². The molecule has 0 unspecified atom stereocenters. The van der Waals surface area contributed by atoms with Crippen molar-refractivity contribution in [2.75, 3.05) is 6.54 Å². The van der Waals surface area contributed by atoms with E-state index in [-0.39, 0.29) is 11.4 Å². The van der Waals surface area contributed by atoms with E-state index in [0.717, 1.165) is 6.54 Å². The van der Waals surface area contributed by atoms with E-state index >= 15 is 0 Å². The number of nitrogens with zero attached hydrogens (tertiary/aromatic N) is 1. The molecule has 1 aliphatic carbocycles. The van der Waals surface area contributed by atoms with Crippen LogP contribution in [0.2, 0.25) is 0 Å². The van der Waals surface area contributed by atoms with Crippen molar-refractivity contribution in [2.24, 2.45) is 11.8 Å². The van der Waals surface area contributed by atoms with Gasteiger partial charge >= 0.3 is 0 Å². The highest BCUT2D eigenvalue weighted by Gasteiger charge is 2.49. The Morgan fingerprint density at radius 2 is 2.38 bits per heavy atom. The predicted octanol–water partition coefficient (Wildman–Crippen LogP) is 2.07. The number of rotatable bonds is 1. The van der Waals surface area contributed by atoms with E-state index in [1.165, 1.54) is 5.57 Å². The first-order chi connectivity index (χ1) is 7.69. The summed E-state index contributed by atoms with van der Waals surface area (Å²) in [7, 11) is 0. The number of carbonyl (C=O) groups excluding carboxylic acids is 1. The second kappa shape index (κ2) is 2.97. The van der Waals surface area contributed by atoms with Crippen LogP contribution in [0.3, 0.4) is 0 Å². The fourth-order valence-electron chi connectivity index (χ4n) is 3.08. The van der Waals surface area contributed by atoms with E-state index in [1.807, 2.05) is 17.1 Å². The highest BCUT2D eigenvalue weighted by molar-refractivity contribution is 5.95. The summed E-state index contributed by atoms with van der Waals surface area (Å²) in [6, 6.07) is 0. The Labute approximate surface area is 95.6 Å². The molecule has 82 valence electrons. The minimum atomic E-state index is -0.240. The zero-order valence-corrected chi connectivity index (χ0v) is 9.39. The third kappa shape index (κ3) is 0.946. The van der Waals surface area contributed by atoms with Crippen LogP contribution >= 0.6 is 0 Å². The van der Waals surface area contributed by atoms with Crippen molar-refractivity contribution >= 4 is 5.91 Å². The maximum absolute atomic E-state index is 11.9. The topological polar surface area (TPSA) is 20.3 Å². The first-order valence-electron chi connectivity index (χ1n) is 5.72. The van der Waals surface area contributed by atoms with Crippen molar-refractivity contribution < 1.29 is 4.79 Å². The molecule has 0 N–H and O–H groups in total. The molecule has 1 spiro atoms. The Kier molecular flexibility index (Phi) is 1.79. The first kappa shape index (κ1) is 9.64. The molecule has 16 heavy (non-hydrogen) atoms. The maximum atomic E-state index is 11.9. The molecule has 0 aromatic heterocycles. The molecule has 2 nitrogen and oxygen atoms in total. The molecule has 2 heterocycles. The van der Waals surface area contributed by atoms with Gasteiger partial charge in [-0.3, -0.25) is 4.79 Å². The lowest BCUT2D eigenvalue weighted by Gasteiger charge is -2.39. The predicted molar refractivity (Wildman–Crippen MR) is 63.7 cm³/mol. The average molecular weight is 213 g/mol. The van der Waals surface area contributed by atoms with Gasteiger partial charge in [-0.25, -0.2) is 0 Å². The molecule has 0 fully saturated rings. The largest absolute Gasteiger partial charge is 0.319 e. The summed E-state index contributed by atoms with van der Waals surface area (Å²) in [5.74, 6) is 0.846. The van der Waals surface area contributed by atoms with E-state index < -0.39 is 0 Å². The summed E-state index contributed by atoms with van der Waals surface area (Å²) in [5, 5.41) is 0. The second-order valence-electron chi connectivity index (χ2n) is 4.74.